The lowest BCUT2D eigenvalue weighted by Crippen LogP contribution is -2.35. The topological polar surface area (TPSA) is 29.5 Å². The van der Waals surface area contributed by atoms with Crippen LogP contribution >= 0.6 is 0 Å². The third-order valence-electron chi connectivity index (χ3n) is 3.94. The van der Waals surface area contributed by atoms with Gasteiger partial charge in [0, 0.05) is 18.2 Å². The smallest absolute Gasteiger partial charge is 0.249 e. The molecule has 1 aliphatic rings. The molecule has 0 aliphatic heterocycles. The van der Waals surface area contributed by atoms with Gasteiger partial charge in [-0.1, -0.05) is 48.5 Å². The maximum atomic E-state index is 13.8. The van der Waals surface area contributed by atoms with E-state index >= 15 is 0 Å². The summed E-state index contributed by atoms with van der Waals surface area (Å²) in [5.41, 5.74) is 1.59. The molecule has 1 amide bonds. The van der Waals surface area contributed by atoms with Gasteiger partial charge in [-0.05, 0) is 24.5 Å². The number of ether oxygens (including phenoxy) is 1. The van der Waals surface area contributed by atoms with Gasteiger partial charge in [0.15, 0.2) is 0 Å². The highest BCUT2D eigenvalue weighted by atomic mass is 19.1. The Hall–Kier alpha value is -2.20. The number of halogens is 1. The van der Waals surface area contributed by atoms with Crippen LogP contribution in [0.15, 0.2) is 54.6 Å². The minimum Gasteiger partial charge on any atom is -0.367 e. The number of benzene rings is 2. The van der Waals surface area contributed by atoms with Crippen LogP contribution in [0.5, 0.6) is 0 Å². The number of nitrogens with zero attached hydrogens (tertiary/aromatic N) is 1. The van der Waals surface area contributed by atoms with Gasteiger partial charge >= 0.3 is 0 Å². The fourth-order valence-electron chi connectivity index (χ4n) is 2.53. The second-order valence-electron chi connectivity index (χ2n) is 5.82. The molecule has 1 aliphatic carbocycles. The van der Waals surface area contributed by atoms with Gasteiger partial charge in [-0.25, -0.2) is 4.39 Å². The van der Waals surface area contributed by atoms with E-state index in [1.165, 1.54) is 6.07 Å². The molecule has 2 aromatic carbocycles. The Morgan fingerprint density at radius 2 is 1.78 bits per heavy atom. The molecule has 1 fully saturated rings. The summed E-state index contributed by atoms with van der Waals surface area (Å²) >= 11 is 0. The van der Waals surface area contributed by atoms with Crippen LogP contribution in [-0.4, -0.2) is 23.5 Å². The molecule has 3 rings (SSSR count). The van der Waals surface area contributed by atoms with Gasteiger partial charge in [-0.3, -0.25) is 4.79 Å². The zero-order chi connectivity index (χ0) is 16.1. The Morgan fingerprint density at radius 1 is 1.09 bits per heavy atom. The summed E-state index contributed by atoms with van der Waals surface area (Å²) in [6.45, 7) is 0.746. The van der Waals surface area contributed by atoms with E-state index in [4.69, 9.17) is 4.74 Å². The molecule has 1 saturated carbocycles. The molecule has 0 bridgehead atoms. The fourth-order valence-corrected chi connectivity index (χ4v) is 2.53. The largest absolute Gasteiger partial charge is 0.367 e. The summed E-state index contributed by atoms with van der Waals surface area (Å²) in [6, 6.07) is 16.6. The second kappa shape index (κ2) is 7.38. The lowest BCUT2D eigenvalue weighted by Gasteiger charge is -2.22. The quantitative estimate of drug-likeness (QED) is 0.782. The van der Waals surface area contributed by atoms with Gasteiger partial charge in [0.1, 0.15) is 12.4 Å². The van der Waals surface area contributed by atoms with E-state index in [0.717, 1.165) is 18.4 Å². The maximum absolute atomic E-state index is 13.8. The first-order valence-electron chi connectivity index (χ1n) is 7.88. The first kappa shape index (κ1) is 15.7. The van der Waals surface area contributed by atoms with E-state index < -0.39 is 0 Å². The molecule has 120 valence electrons. The van der Waals surface area contributed by atoms with Crippen molar-refractivity contribution in [2.75, 3.05) is 6.61 Å². The molecule has 3 nitrogen and oxygen atoms in total. The average Bonchev–Trinajstić information content (AvgIpc) is 3.40. The maximum Gasteiger partial charge on any atom is 0.249 e. The molecular formula is C19H20FNO2. The fraction of sp³-hybridized carbons (Fsp3) is 0.316. The summed E-state index contributed by atoms with van der Waals surface area (Å²) < 4.78 is 19.3. The predicted octanol–water partition coefficient (Wildman–Crippen LogP) is 3.53. The highest BCUT2D eigenvalue weighted by Gasteiger charge is 2.32. The van der Waals surface area contributed by atoms with E-state index in [0.29, 0.717) is 18.7 Å². The highest BCUT2D eigenvalue weighted by Crippen LogP contribution is 2.29. The third kappa shape index (κ3) is 4.39. The van der Waals surface area contributed by atoms with Crippen LogP contribution in [0.3, 0.4) is 0 Å². The van der Waals surface area contributed by atoms with Crippen LogP contribution in [0.4, 0.5) is 4.39 Å². The summed E-state index contributed by atoms with van der Waals surface area (Å²) in [4.78, 5) is 14.1. The van der Waals surface area contributed by atoms with Crippen molar-refractivity contribution in [1.29, 1.82) is 0 Å². The molecule has 0 N–H and O–H groups in total. The molecule has 0 unspecified atom stereocenters. The average molecular weight is 313 g/mol. The van der Waals surface area contributed by atoms with E-state index in [2.05, 4.69) is 0 Å². The standard InChI is InChI=1S/C19H20FNO2/c20-18-9-5-4-8-16(18)12-21(17-10-11-17)19(22)14-23-13-15-6-2-1-3-7-15/h1-9,17H,10-14H2. The van der Waals surface area contributed by atoms with Crippen molar-refractivity contribution >= 4 is 5.91 Å². The molecule has 0 radical (unpaired) electrons. The Balaban J connectivity index is 1.56. The molecule has 2 aromatic rings. The lowest BCUT2D eigenvalue weighted by molar-refractivity contribution is -0.137. The molecule has 4 heteroatoms. The van der Waals surface area contributed by atoms with Crippen molar-refractivity contribution in [1.82, 2.24) is 4.90 Å². The van der Waals surface area contributed by atoms with Gasteiger partial charge in [-0.2, -0.15) is 0 Å². The van der Waals surface area contributed by atoms with Crippen LogP contribution < -0.4 is 0 Å². The normalized spacial score (nSPS) is 13.8. The Kier molecular flexibility index (Phi) is 5.03. The molecule has 0 heterocycles. The molecule has 0 saturated heterocycles. The Bertz CT molecular complexity index is 655. The molecule has 23 heavy (non-hydrogen) atoms. The van der Waals surface area contributed by atoms with E-state index in [-0.39, 0.29) is 24.4 Å². The van der Waals surface area contributed by atoms with Crippen LogP contribution in [0.2, 0.25) is 0 Å². The lowest BCUT2D eigenvalue weighted by atomic mass is 10.2. The van der Waals surface area contributed by atoms with Crippen molar-refractivity contribution in [3.8, 4) is 0 Å². The van der Waals surface area contributed by atoms with Crippen molar-refractivity contribution in [3.05, 3.63) is 71.5 Å². The monoisotopic (exact) mass is 313 g/mol. The second-order valence-corrected chi connectivity index (χ2v) is 5.82. The van der Waals surface area contributed by atoms with Gasteiger partial charge in [0.25, 0.3) is 0 Å². The number of rotatable bonds is 7. The molecule has 0 atom stereocenters. The van der Waals surface area contributed by atoms with Crippen LogP contribution in [0, 0.1) is 5.82 Å². The van der Waals surface area contributed by atoms with Crippen molar-refractivity contribution in [2.24, 2.45) is 0 Å². The minimum absolute atomic E-state index is 0.0276. The molecule has 0 spiro atoms. The first-order chi connectivity index (χ1) is 11.2. The molecule has 0 aromatic heterocycles. The van der Waals surface area contributed by atoms with E-state index in [1.807, 2.05) is 30.3 Å². The van der Waals surface area contributed by atoms with Gasteiger partial charge < -0.3 is 9.64 Å². The summed E-state index contributed by atoms with van der Waals surface area (Å²) in [5, 5.41) is 0. The number of amides is 1. The minimum atomic E-state index is -0.267. The first-order valence-corrected chi connectivity index (χ1v) is 7.88. The van der Waals surface area contributed by atoms with Crippen molar-refractivity contribution < 1.29 is 13.9 Å². The number of carbonyl (C=O) groups is 1. The number of carbonyl (C=O) groups excluding carboxylic acids is 1. The van der Waals surface area contributed by atoms with Crippen LogP contribution in [-0.2, 0) is 22.7 Å². The summed E-state index contributed by atoms with van der Waals surface area (Å²) in [7, 11) is 0. The van der Waals surface area contributed by atoms with E-state index in [1.54, 1.807) is 23.1 Å². The number of hydrogen-bond donors (Lipinski definition) is 0. The SMILES string of the molecule is O=C(COCc1ccccc1)N(Cc1ccccc1F)C1CC1. The van der Waals surface area contributed by atoms with Crippen molar-refractivity contribution in [2.45, 2.75) is 32.0 Å². The van der Waals surface area contributed by atoms with Crippen LogP contribution in [0.1, 0.15) is 24.0 Å². The summed E-state index contributed by atoms with van der Waals surface area (Å²) in [5.74, 6) is -0.345. The summed E-state index contributed by atoms with van der Waals surface area (Å²) in [6.07, 6.45) is 1.97. The number of hydrogen-bond acceptors (Lipinski definition) is 2. The molecular weight excluding hydrogens is 293 g/mol. The van der Waals surface area contributed by atoms with Crippen LogP contribution in [0.25, 0.3) is 0 Å². The van der Waals surface area contributed by atoms with Crippen molar-refractivity contribution in [3.63, 3.8) is 0 Å². The van der Waals surface area contributed by atoms with E-state index in [9.17, 15) is 9.18 Å². The zero-order valence-electron chi connectivity index (χ0n) is 13.0. The van der Waals surface area contributed by atoms with Gasteiger partial charge in [0.2, 0.25) is 5.91 Å². The predicted molar refractivity (Wildman–Crippen MR) is 86.1 cm³/mol. The van der Waals surface area contributed by atoms with Gasteiger partial charge in [0.05, 0.1) is 6.61 Å². The Morgan fingerprint density at radius 3 is 2.48 bits per heavy atom. The highest BCUT2D eigenvalue weighted by molar-refractivity contribution is 5.78. The Labute approximate surface area is 135 Å². The zero-order valence-corrected chi connectivity index (χ0v) is 13.0. The third-order valence-corrected chi connectivity index (χ3v) is 3.94. The van der Waals surface area contributed by atoms with Gasteiger partial charge in [-0.15, -0.1) is 0 Å².